The van der Waals surface area contributed by atoms with Crippen LogP contribution in [0.25, 0.3) is 0 Å². The zero-order valence-corrected chi connectivity index (χ0v) is 12.8. The third-order valence-electron chi connectivity index (χ3n) is 4.21. The molecular formula is C18H21N3. The van der Waals surface area contributed by atoms with Crippen molar-refractivity contribution < 1.29 is 0 Å². The first-order valence-electron chi connectivity index (χ1n) is 7.29. The quantitative estimate of drug-likeness (QED) is 0.914. The fourth-order valence-electron chi connectivity index (χ4n) is 2.74. The molecule has 1 unspecified atom stereocenters. The fraction of sp³-hybridized carbons (Fsp3) is 0.278. The van der Waals surface area contributed by atoms with Crippen LogP contribution in [-0.2, 0) is 0 Å². The van der Waals surface area contributed by atoms with Crippen molar-refractivity contribution in [2.45, 2.75) is 26.8 Å². The number of aryl methyl sites for hydroxylation is 3. The molecule has 1 aliphatic heterocycles. The van der Waals surface area contributed by atoms with E-state index in [1.54, 1.807) is 0 Å². The molecule has 108 valence electrons. The molecule has 0 amide bonds. The van der Waals surface area contributed by atoms with Gasteiger partial charge in [-0.1, -0.05) is 35.9 Å². The van der Waals surface area contributed by atoms with Gasteiger partial charge < -0.3 is 10.6 Å². The lowest BCUT2D eigenvalue weighted by atomic mass is 10.00. The highest BCUT2D eigenvalue weighted by molar-refractivity contribution is 5.97. The molecule has 0 saturated heterocycles. The summed E-state index contributed by atoms with van der Waals surface area (Å²) in [4.78, 5) is 6.58. The van der Waals surface area contributed by atoms with Crippen molar-refractivity contribution in [3.8, 4) is 0 Å². The Labute approximate surface area is 126 Å². The zero-order valence-electron chi connectivity index (χ0n) is 12.8. The van der Waals surface area contributed by atoms with E-state index in [0.29, 0.717) is 12.5 Å². The monoisotopic (exact) mass is 279 g/mol. The van der Waals surface area contributed by atoms with Gasteiger partial charge in [-0.2, -0.15) is 0 Å². The van der Waals surface area contributed by atoms with Crippen LogP contribution in [0.1, 0.15) is 28.3 Å². The summed E-state index contributed by atoms with van der Waals surface area (Å²) >= 11 is 0. The van der Waals surface area contributed by atoms with Gasteiger partial charge in [-0.25, -0.2) is 0 Å². The summed E-state index contributed by atoms with van der Waals surface area (Å²) in [5.74, 6) is 0.599. The predicted molar refractivity (Wildman–Crippen MR) is 88.8 cm³/mol. The third kappa shape index (κ3) is 2.51. The number of nitrogens with two attached hydrogens (primary N) is 1. The van der Waals surface area contributed by atoms with Crippen molar-refractivity contribution in [1.29, 1.82) is 0 Å². The summed E-state index contributed by atoms with van der Waals surface area (Å²) in [6.45, 7) is 7.08. The average molecular weight is 279 g/mol. The molecule has 2 aromatic rings. The van der Waals surface area contributed by atoms with Crippen molar-refractivity contribution in [2.24, 2.45) is 10.7 Å². The number of aliphatic imine (C=N–C) groups is 1. The summed E-state index contributed by atoms with van der Waals surface area (Å²) in [7, 11) is 0. The molecule has 0 radical (unpaired) electrons. The molecule has 0 aromatic heterocycles. The molecule has 0 spiro atoms. The number of anilines is 1. The van der Waals surface area contributed by atoms with Gasteiger partial charge in [0.15, 0.2) is 5.96 Å². The maximum Gasteiger partial charge on any atom is 0.196 e. The van der Waals surface area contributed by atoms with Crippen molar-refractivity contribution in [2.75, 3.05) is 11.4 Å². The molecule has 1 heterocycles. The molecule has 0 bridgehead atoms. The summed E-state index contributed by atoms with van der Waals surface area (Å²) < 4.78 is 0. The van der Waals surface area contributed by atoms with Crippen LogP contribution in [0.3, 0.4) is 0 Å². The van der Waals surface area contributed by atoms with Crippen LogP contribution >= 0.6 is 0 Å². The lowest BCUT2D eigenvalue weighted by molar-refractivity contribution is 0.767. The molecular weight excluding hydrogens is 258 g/mol. The summed E-state index contributed by atoms with van der Waals surface area (Å²) in [6, 6.07) is 15.2. The van der Waals surface area contributed by atoms with Gasteiger partial charge in [-0.3, -0.25) is 4.99 Å². The van der Waals surface area contributed by atoms with E-state index < -0.39 is 0 Å². The Morgan fingerprint density at radius 1 is 1.00 bits per heavy atom. The Kier molecular flexibility index (Phi) is 3.42. The number of hydrogen-bond donors (Lipinski definition) is 1. The van der Waals surface area contributed by atoms with Gasteiger partial charge in [0.2, 0.25) is 0 Å². The molecule has 2 N–H and O–H groups in total. The van der Waals surface area contributed by atoms with Crippen LogP contribution in [0, 0.1) is 20.8 Å². The van der Waals surface area contributed by atoms with Crippen LogP contribution in [0.15, 0.2) is 47.5 Å². The minimum Gasteiger partial charge on any atom is -0.369 e. The molecule has 1 atom stereocenters. The molecule has 0 fully saturated rings. The second kappa shape index (κ2) is 5.24. The second-order valence-electron chi connectivity index (χ2n) is 5.76. The van der Waals surface area contributed by atoms with E-state index in [-0.39, 0.29) is 6.04 Å². The van der Waals surface area contributed by atoms with Gasteiger partial charge in [0, 0.05) is 5.69 Å². The lowest BCUT2D eigenvalue weighted by Gasteiger charge is -2.27. The largest absolute Gasteiger partial charge is 0.369 e. The van der Waals surface area contributed by atoms with Crippen molar-refractivity contribution >= 4 is 11.6 Å². The van der Waals surface area contributed by atoms with E-state index in [9.17, 15) is 0 Å². The number of rotatable bonds is 2. The smallest absolute Gasteiger partial charge is 0.196 e. The van der Waals surface area contributed by atoms with Crippen molar-refractivity contribution in [1.82, 2.24) is 0 Å². The van der Waals surface area contributed by atoms with Crippen molar-refractivity contribution in [3.05, 3.63) is 64.7 Å². The molecule has 21 heavy (non-hydrogen) atoms. The standard InChI is InChI=1S/C18H21N3/c1-12-4-8-16(9-5-12)21-17(11-20-18(21)19)15-7-6-13(2)14(3)10-15/h4-10,17H,11H2,1-3H3,(H2,19,20). The van der Waals surface area contributed by atoms with Crippen LogP contribution in [0.5, 0.6) is 0 Å². The molecule has 0 saturated carbocycles. The number of nitrogens with zero attached hydrogens (tertiary/aromatic N) is 2. The minimum absolute atomic E-state index is 0.187. The number of guanidine groups is 1. The Morgan fingerprint density at radius 3 is 2.38 bits per heavy atom. The normalized spacial score (nSPS) is 18.0. The zero-order chi connectivity index (χ0) is 15.0. The van der Waals surface area contributed by atoms with Gasteiger partial charge in [-0.15, -0.1) is 0 Å². The first kappa shape index (κ1) is 13.7. The SMILES string of the molecule is Cc1ccc(N2C(N)=NCC2c2ccc(C)c(C)c2)cc1. The highest BCUT2D eigenvalue weighted by Crippen LogP contribution is 2.32. The van der Waals surface area contributed by atoms with E-state index in [4.69, 9.17) is 5.73 Å². The highest BCUT2D eigenvalue weighted by Gasteiger charge is 2.28. The number of benzene rings is 2. The Hall–Kier alpha value is -2.29. The van der Waals surface area contributed by atoms with E-state index in [1.807, 2.05) is 0 Å². The Bertz CT molecular complexity index is 686. The van der Waals surface area contributed by atoms with Crippen LogP contribution in [-0.4, -0.2) is 12.5 Å². The molecule has 2 aromatic carbocycles. The first-order chi connectivity index (χ1) is 10.1. The van der Waals surface area contributed by atoms with Gasteiger partial charge in [0.25, 0.3) is 0 Å². The molecule has 3 heteroatoms. The fourth-order valence-corrected chi connectivity index (χ4v) is 2.74. The number of hydrogen-bond acceptors (Lipinski definition) is 3. The van der Waals surface area contributed by atoms with Gasteiger partial charge in [0.05, 0.1) is 12.6 Å². The molecule has 0 aliphatic carbocycles. The molecule has 3 nitrogen and oxygen atoms in total. The topological polar surface area (TPSA) is 41.6 Å². The minimum atomic E-state index is 0.187. The van der Waals surface area contributed by atoms with Crippen LogP contribution in [0.2, 0.25) is 0 Å². The first-order valence-corrected chi connectivity index (χ1v) is 7.29. The van der Waals surface area contributed by atoms with E-state index in [2.05, 4.69) is 73.1 Å². The molecule has 3 rings (SSSR count). The maximum absolute atomic E-state index is 6.12. The third-order valence-corrected chi connectivity index (χ3v) is 4.21. The summed E-state index contributed by atoms with van der Waals surface area (Å²) in [5, 5.41) is 0. The lowest BCUT2D eigenvalue weighted by Crippen LogP contribution is -2.36. The van der Waals surface area contributed by atoms with E-state index >= 15 is 0 Å². The van der Waals surface area contributed by atoms with Crippen LogP contribution in [0.4, 0.5) is 5.69 Å². The van der Waals surface area contributed by atoms with Gasteiger partial charge in [0.1, 0.15) is 0 Å². The van der Waals surface area contributed by atoms with Crippen molar-refractivity contribution in [3.63, 3.8) is 0 Å². The predicted octanol–water partition coefficient (Wildman–Crippen LogP) is 3.49. The highest BCUT2D eigenvalue weighted by atomic mass is 15.3. The second-order valence-corrected chi connectivity index (χ2v) is 5.76. The van der Waals surface area contributed by atoms with Gasteiger partial charge in [-0.05, 0) is 49.6 Å². The van der Waals surface area contributed by atoms with Crippen LogP contribution < -0.4 is 10.6 Å². The Balaban J connectivity index is 1.98. The molecule has 1 aliphatic rings. The van der Waals surface area contributed by atoms with E-state index in [0.717, 1.165) is 5.69 Å². The summed E-state index contributed by atoms with van der Waals surface area (Å²) in [6.07, 6.45) is 0. The van der Waals surface area contributed by atoms with E-state index in [1.165, 1.54) is 22.3 Å². The summed E-state index contributed by atoms with van der Waals surface area (Å²) in [5.41, 5.74) is 12.4. The van der Waals surface area contributed by atoms with Gasteiger partial charge >= 0.3 is 0 Å². The Morgan fingerprint density at radius 2 is 1.71 bits per heavy atom. The average Bonchev–Trinajstić information content (AvgIpc) is 2.85. The maximum atomic E-state index is 6.12.